The number of nitrogen functional groups attached to an aromatic ring is 1. The van der Waals surface area contributed by atoms with Crippen molar-refractivity contribution in [3.63, 3.8) is 0 Å². The molecule has 1 aromatic carbocycles. The van der Waals surface area contributed by atoms with E-state index in [9.17, 15) is 4.79 Å². The molecule has 0 aliphatic rings. The number of hydrogen-bond acceptors (Lipinski definition) is 4. The van der Waals surface area contributed by atoms with Crippen LogP contribution in [0.25, 0.3) is 0 Å². The summed E-state index contributed by atoms with van der Waals surface area (Å²) in [5, 5.41) is 0.195. The van der Waals surface area contributed by atoms with Crippen LogP contribution in [0.2, 0.25) is 0 Å². The number of benzene rings is 1. The minimum Gasteiger partial charge on any atom is -0.466 e. The van der Waals surface area contributed by atoms with E-state index in [0.717, 1.165) is 10.6 Å². The second-order valence-electron chi connectivity index (χ2n) is 3.51. The van der Waals surface area contributed by atoms with E-state index in [2.05, 4.69) is 0 Å². The van der Waals surface area contributed by atoms with Crippen LogP contribution in [-0.2, 0) is 9.53 Å². The number of nitrogens with two attached hydrogens (primary N) is 1. The van der Waals surface area contributed by atoms with E-state index < -0.39 is 0 Å². The highest BCUT2D eigenvalue weighted by atomic mass is 32.2. The molecular weight excluding hydrogens is 222 g/mol. The first-order valence-corrected chi connectivity index (χ1v) is 6.17. The van der Waals surface area contributed by atoms with E-state index >= 15 is 0 Å². The number of thioether (sulfide) groups is 1. The normalized spacial score (nSPS) is 12.1. The number of rotatable bonds is 5. The van der Waals surface area contributed by atoms with Crippen molar-refractivity contribution in [1.29, 1.82) is 0 Å². The monoisotopic (exact) mass is 239 g/mol. The van der Waals surface area contributed by atoms with Crippen molar-refractivity contribution in [2.75, 3.05) is 12.3 Å². The number of ether oxygens (including phenoxy) is 1. The topological polar surface area (TPSA) is 52.3 Å². The van der Waals surface area contributed by atoms with Gasteiger partial charge in [0.1, 0.15) is 0 Å². The molecule has 4 heteroatoms. The maximum absolute atomic E-state index is 11.3. The predicted molar refractivity (Wildman–Crippen MR) is 67.4 cm³/mol. The Bertz CT molecular complexity index is 355. The summed E-state index contributed by atoms with van der Waals surface area (Å²) >= 11 is 1.63. The minimum atomic E-state index is -0.147. The highest BCUT2D eigenvalue weighted by molar-refractivity contribution is 8.00. The van der Waals surface area contributed by atoms with E-state index in [0.29, 0.717) is 13.0 Å². The van der Waals surface area contributed by atoms with E-state index in [-0.39, 0.29) is 11.2 Å². The average Bonchev–Trinajstić information content (AvgIpc) is 2.17. The van der Waals surface area contributed by atoms with Gasteiger partial charge >= 0.3 is 5.97 Å². The molecule has 1 aromatic rings. The molecule has 2 N–H and O–H groups in total. The zero-order valence-electron chi connectivity index (χ0n) is 9.60. The molecule has 0 aliphatic carbocycles. The Balaban J connectivity index is 2.45. The molecule has 0 fully saturated rings. The van der Waals surface area contributed by atoms with Crippen LogP contribution >= 0.6 is 11.8 Å². The smallest absolute Gasteiger partial charge is 0.306 e. The first-order valence-electron chi connectivity index (χ1n) is 5.29. The first-order chi connectivity index (χ1) is 7.61. The number of anilines is 1. The van der Waals surface area contributed by atoms with Gasteiger partial charge in [0.15, 0.2) is 0 Å². The molecule has 0 spiro atoms. The largest absolute Gasteiger partial charge is 0.466 e. The first kappa shape index (κ1) is 12.9. The third kappa shape index (κ3) is 4.57. The van der Waals surface area contributed by atoms with Crippen LogP contribution in [0, 0.1) is 0 Å². The van der Waals surface area contributed by atoms with Crippen molar-refractivity contribution >= 4 is 23.4 Å². The van der Waals surface area contributed by atoms with E-state index in [4.69, 9.17) is 10.5 Å². The molecule has 1 atom stereocenters. The summed E-state index contributed by atoms with van der Waals surface area (Å²) in [6.45, 7) is 4.26. The van der Waals surface area contributed by atoms with Gasteiger partial charge in [0.05, 0.1) is 13.0 Å². The van der Waals surface area contributed by atoms with Crippen LogP contribution in [0.3, 0.4) is 0 Å². The number of carbonyl (C=O) groups is 1. The van der Waals surface area contributed by atoms with Crippen LogP contribution in [0.15, 0.2) is 29.2 Å². The molecule has 0 bridgehead atoms. The molecule has 0 saturated heterocycles. The maximum Gasteiger partial charge on any atom is 0.306 e. The highest BCUT2D eigenvalue weighted by Gasteiger charge is 2.11. The molecule has 3 nitrogen and oxygen atoms in total. The standard InChI is InChI=1S/C12H17NO2S/c1-3-15-12(14)7-9(2)16-11-6-4-5-10(13)8-11/h4-6,8-9H,3,7,13H2,1-2H3. The summed E-state index contributed by atoms with van der Waals surface area (Å²) in [7, 11) is 0. The Hall–Kier alpha value is -1.16. The zero-order valence-corrected chi connectivity index (χ0v) is 10.4. The molecule has 0 radical (unpaired) electrons. The van der Waals surface area contributed by atoms with Crippen LogP contribution in [0.1, 0.15) is 20.3 Å². The van der Waals surface area contributed by atoms with Gasteiger partial charge in [-0.3, -0.25) is 4.79 Å². The van der Waals surface area contributed by atoms with E-state index in [1.165, 1.54) is 0 Å². The Morgan fingerprint density at radius 3 is 2.94 bits per heavy atom. The van der Waals surface area contributed by atoms with Gasteiger partial charge < -0.3 is 10.5 Å². The molecule has 0 heterocycles. The maximum atomic E-state index is 11.3. The van der Waals surface area contributed by atoms with Crippen molar-refractivity contribution in [2.24, 2.45) is 0 Å². The van der Waals surface area contributed by atoms with Gasteiger partial charge in [-0.1, -0.05) is 13.0 Å². The van der Waals surface area contributed by atoms with Crippen LogP contribution in [0.5, 0.6) is 0 Å². The molecule has 1 rings (SSSR count). The van der Waals surface area contributed by atoms with Crippen molar-refractivity contribution in [3.05, 3.63) is 24.3 Å². The summed E-state index contributed by atoms with van der Waals surface area (Å²) in [6.07, 6.45) is 0.424. The van der Waals surface area contributed by atoms with Gasteiger partial charge in [-0.25, -0.2) is 0 Å². The quantitative estimate of drug-likeness (QED) is 0.487. The molecule has 0 saturated carbocycles. The van der Waals surface area contributed by atoms with Crippen LogP contribution in [0.4, 0.5) is 5.69 Å². The second kappa shape index (κ2) is 6.43. The molecular formula is C12H17NO2S. The van der Waals surface area contributed by atoms with Gasteiger partial charge in [0.25, 0.3) is 0 Å². The molecule has 16 heavy (non-hydrogen) atoms. The molecule has 88 valence electrons. The number of hydrogen-bond donors (Lipinski definition) is 1. The summed E-state index contributed by atoms with van der Waals surface area (Å²) in [4.78, 5) is 12.3. The second-order valence-corrected chi connectivity index (χ2v) is 5.02. The fraction of sp³-hybridized carbons (Fsp3) is 0.417. The highest BCUT2D eigenvalue weighted by Crippen LogP contribution is 2.26. The Morgan fingerprint density at radius 1 is 1.56 bits per heavy atom. The third-order valence-electron chi connectivity index (χ3n) is 1.95. The summed E-state index contributed by atoms with van der Waals surface area (Å²) in [5.74, 6) is -0.147. The number of carbonyl (C=O) groups excluding carboxylic acids is 1. The fourth-order valence-electron chi connectivity index (χ4n) is 1.32. The van der Waals surface area contributed by atoms with Crippen LogP contribution in [-0.4, -0.2) is 17.8 Å². The van der Waals surface area contributed by atoms with Gasteiger partial charge in [-0.15, -0.1) is 11.8 Å². The Morgan fingerprint density at radius 2 is 2.31 bits per heavy atom. The van der Waals surface area contributed by atoms with Gasteiger partial charge in [0, 0.05) is 15.8 Å². The molecule has 1 unspecified atom stereocenters. The fourth-order valence-corrected chi connectivity index (χ4v) is 2.36. The third-order valence-corrected chi connectivity index (χ3v) is 3.05. The predicted octanol–water partition coefficient (Wildman–Crippen LogP) is 2.70. The SMILES string of the molecule is CCOC(=O)CC(C)Sc1cccc(N)c1. The lowest BCUT2D eigenvalue weighted by Crippen LogP contribution is -2.10. The summed E-state index contributed by atoms with van der Waals surface area (Å²) < 4.78 is 4.90. The van der Waals surface area contributed by atoms with Crippen molar-refractivity contribution in [1.82, 2.24) is 0 Å². The van der Waals surface area contributed by atoms with Gasteiger partial charge in [-0.05, 0) is 25.1 Å². The minimum absolute atomic E-state index is 0.147. The molecule has 0 aliphatic heterocycles. The van der Waals surface area contributed by atoms with Gasteiger partial charge in [0.2, 0.25) is 0 Å². The Kier molecular flexibility index (Phi) is 5.19. The van der Waals surface area contributed by atoms with E-state index in [1.54, 1.807) is 11.8 Å². The lowest BCUT2D eigenvalue weighted by Gasteiger charge is -2.10. The van der Waals surface area contributed by atoms with E-state index in [1.807, 2.05) is 38.1 Å². The van der Waals surface area contributed by atoms with Crippen molar-refractivity contribution < 1.29 is 9.53 Å². The number of esters is 1. The average molecular weight is 239 g/mol. The summed E-state index contributed by atoms with van der Waals surface area (Å²) in [5.41, 5.74) is 6.42. The van der Waals surface area contributed by atoms with Crippen LogP contribution < -0.4 is 5.73 Å². The summed E-state index contributed by atoms with van der Waals surface area (Å²) in [6, 6.07) is 7.66. The van der Waals surface area contributed by atoms with Gasteiger partial charge in [-0.2, -0.15) is 0 Å². The lowest BCUT2D eigenvalue weighted by atomic mass is 10.3. The Labute approximate surface area is 100 Å². The van der Waals surface area contributed by atoms with Crippen molar-refractivity contribution in [3.8, 4) is 0 Å². The lowest BCUT2D eigenvalue weighted by molar-refractivity contribution is -0.142. The molecule has 0 amide bonds. The molecule has 0 aromatic heterocycles. The van der Waals surface area contributed by atoms with Crippen molar-refractivity contribution in [2.45, 2.75) is 30.4 Å². The zero-order chi connectivity index (χ0) is 12.0.